The van der Waals surface area contributed by atoms with Crippen molar-refractivity contribution in [1.29, 1.82) is 0 Å². The summed E-state index contributed by atoms with van der Waals surface area (Å²) in [5.41, 5.74) is 0. The minimum absolute atomic E-state index is 0.832. The third-order valence-electron chi connectivity index (χ3n) is 1.42. The molecule has 1 rings (SSSR count). The Hall–Kier alpha value is 1.05. The first-order valence-corrected chi connectivity index (χ1v) is 6.93. The van der Waals surface area contributed by atoms with Gasteiger partial charge in [-0.05, 0) is 12.3 Å². The summed E-state index contributed by atoms with van der Waals surface area (Å²) >= 11 is 2.14. The minimum Gasteiger partial charge on any atom is -0.131 e. The molecule has 1 saturated heterocycles. The summed E-state index contributed by atoms with van der Waals surface area (Å²) in [5.74, 6) is 0.832. The molecule has 0 aromatic carbocycles. The molecule has 0 nitrogen and oxygen atoms in total. The summed E-state index contributed by atoms with van der Waals surface area (Å²) in [5, 5.41) is 0. The lowest BCUT2D eigenvalue weighted by Crippen LogP contribution is -2.02. The Kier molecular flexibility index (Phi) is 3.81. The van der Waals surface area contributed by atoms with Gasteiger partial charge in [-0.25, -0.2) is 0 Å². The fourth-order valence-electron chi connectivity index (χ4n) is 0.744. The molecule has 10 heavy (non-hydrogen) atoms. The largest absolute Gasteiger partial charge is 0.131 e. The number of thioether (sulfide) groups is 1. The minimum atomic E-state index is 0.832. The van der Waals surface area contributed by atoms with E-state index >= 15 is 0 Å². The molecule has 0 aromatic rings. The topological polar surface area (TPSA) is 0 Å². The molecular formula is C7H14S3. The van der Waals surface area contributed by atoms with Crippen molar-refractivity contribution in [3.8, 4) is 0 Å². The van der Waals surface area contributed by atoms with Crippen molar-refractivity contribution in [3.05, 3.63) is 0 Å². The Labute approximate surface area is 75.7 Å². The van der Waals surface area contributed by atoms with Crippen LogP contribution in [0.4, 0.5) is 0 Å². The Morgan fingerprint density at radius 3 is 2.30 bits per heavy atom. The molecule has 0 bridgehead atoms. The quantitative estimate of drug-likeness (QED) is 0.613. The van der Waals surface area contributed by atoms with Crippen LogP contribution in [0.2, 0.25) is 0 Å². The standard InChI is InChI=1S/C7H14S3/c1-4-6-8-7(5(2)3)10-9-6/h5-7H,4H2,1-3H3. The maximum absolute atomic E-state index is 2.31. The van der Waals surface area contributed by atoms with Crippen LogP contribution in [-0.4, -0.2) is 9.16 Å². The van der Waals surface area contributed by atoms with Gasteiger partial charge in [0.05, 0.1) is 9.16 Å². The van der Waals surface area contributed by atoms with Gasteiger partial charge in [0.25, 0.3) is 0 Å². The van der Waals surface area contributed by atoms with Gasteiger partial charge in [0.2, 0.25) is 0 Å². The van der Waals surface area contributed by atoms with E-state index in [2.05, 4.69) is 54.1 Å². The Balaban J connectivity index is 2.28. The van der Waals surface area contributed by atoms with E-state index in [-0.39, 0.29) is 0 Å². The molecule has 0 saturated carbocycles. The van der Waals surface area contributed by atoms with E-state index in [0.717, 1.165) is 15.1 Å². The summed E-state index contributed by atoms with van der Waals surface area (Å²) in [6.07, 6.45) is 1.31. The fraction of sp³-hybridized carbons (Fsp3) is 1.00. The van der Waals surface area contributed by atoms with Gasteiger partial charge in [0.15, 0.2) is 0 Å². The van der Waals surface area contributed by atoms with Crippen molar-refractivity contribution in [2.45, 2.75) is 36.4 Å². The molecule has 0 N–H and O–H groups in total. The Bertz CT molecular complexity index is 103. The van der Waals surface area contributed by atoms with Gasteiger partial charge in [-0.15, -0.1) is 11.8 Å². The highest BCUT2D eigenvalue weighted by Gasteiger charge is 2.27. The van der Waals surface area contributed by atoms with Gasteiger partial charge in [0, 0.05) is 0 Å². The highest BCUT2D eigenvalue weighted by molar-refractivity contribution is 8.82. The molecule has 3 heteroatoms. The highest BCUT2D eigenvalue weighted by atomic mass is 33.1. The van der Waals surface area contributed by atoms with Crippen LogP contribution >= 0.6 is 33.3 Å². The van der Waals surface area contributed by atoms with Crippen molar-refractivity contribution >= 4 is 33.3 Å². The highest BCUT2D eigenvalue weighted by Crippen LogP contribution is 2.54. The van der Waals surface area contributed by atoms with Crippen molar-refractivity contribution in [1.82, 2.24) is 0 Å². The van der Waals surface area contributed by atoms with Crippen molar-refractivity contribution in [2.24, 2.45) is 5.92 Å². The number of hydrogen-bond acceptors (Lipinski definition) is 3. The van der Waals surface area contributed by atoms with E-state index in [9.17, 15) is 0 Å². The molecular weight excluding hydrogens is 180 g/mol. The average molecular weight is 194 g/mol. The lowest BCUT2D eigenvalue weighted by molar-refractivity contribution is 0.722. The van der Waals surface area contributed by atoms with Crippen LogP contribution in [0.25, 0.3) is 0 Å². The van der Waals surface area contributed by atoms with E-state index in [1.807, 2.05) is 0 Å². The molecule has 60 valence electrons. The van der Waals surface area contributed by atoms with Crippen LogP contribution in [0, 0.1) is 5.92 Å². The molecule has 2 unspecified atom stereocenters. The SMILES string of the molecule is CCC1SSC(C(C)C)S1. The molecule has 0 aliphatic carbocycles. The first kappa shape index (κ1) is 9.14. The zero-order valence-corrected chi connectivity index (χ0v) is 9.11. The Morgan fingerprint density at radius 1 is 1.30 bits per heavy atom. The van der Waals surface area contributed by atoms with Crippen molar-refractivity contribution < 1.29 is 0 Å². The molecule has 0 aromatic heterocycles. The lowest BCUT2D eigenvalue weighted by atomic mass is 10.3. The number of rotatable bonds is 2. The first-order chi connectivity index (χ1) is 4.74. The smallest absolute Gasteiger partial charge is 0.0640 e. The zero-order valence-electron chi connectivity index (χ0n) is 6.66. The van der Waals surface area contributed by atoms with E-state index in [1.165, 1.54) is 6.42 Å². The molecule has 0 amide bonds. The van der Waals surface area contributed by atoms with E-state index in [4.69, 9.17) is 0 Å². The lowest BCUT2D eigenvalue weighted by Gasteiger charge is -2.10. The number of hydrogen-bond donors (Lipinski definition) is 0. The second-order valence-electron chi connectivity index (χ2n) is 2.78. The molecule has 1 aliphatic rings. The molecule has 0 radical (unpaired) electrons. The van der Waals surface area contributed by atoms with Crippen LogP contribution in [0.15, 0.2) is 0 Å². The zero-order chi connectivity index (χ0) is 7.56. The first-order valence-electron chi connectivity index (χ1n) is 3.71. The second-order valence-corrected chi connectivity index (χ2v) is 7.34. The summed E-state index contributed by atoms with van der Waals surface area (Å²) in [6.45, 7) is 6.89. The van der Waals surface area contributed by atoms with E-state index < -0.39 is 0 Å². The van der Waals surface area contributed by atoms with Crippen LogP contribution in [0.3, 0.4) is 0 Å². The maximum Gasteiger partial charge on any atom is 0.0640 e. The summed E-state index contributed by atoms with van der Waals surface area (Å²) in [7, 11) is 4.12. The normalized spacial score (nSPS) is 33.6. The monoisotopic (exact) mass is 194 g/mol. The average Bonchev–Trinajstić information content (AvgIpc) is 2.34. The van der Waals surface area contributed by atoms with Gasteiger partial charge >= 0.3 is 0 Å². The molecule has 0 spiro atoms. The van der Waals surface area contributed by atoms with Crippen molar-refractivity contribution in [3.63, 3.8) is 0 Å². The molecule has 2 atom stereocenters. The van der Waals surface area contributed by atoms with E-state index in [0.29, 0.717) is 0 Å². The summed E-state index contributed by atoms with van der Waals surface area (Å²) in [4.78, 5) is 0. The van der Waals surface area contributed by atoms with Crippen LogP contribution in [0.1, 0.15) is 27.2 Å². The molecule has 1 fully saturated rings. The maximum atomic E-state index is 2.31. The third kappa shape index (κ3) is 2.28. The fourth-order valence-corrected chi connectivity index (χ4v) is 6.89. The summed E-state index contributed by atoms with van der Waals surface area (Å²) < 4.78 is 1.70. The third-order valence-corrected chi connectivity index (χ3v) is 7.89. The van der Waals surface area contributed by atoms with Gasteiger partial charge in [-0.1, -0.05) is 42.4 Å². The van der Waals surface area contributed by atoms with E-state index in [1.54, 1.807) is 0 Å². The van der Waals surface area contributed by atoms with Gasteiger partial charge in [-0.3, -0.25) is 0 Å². The molecule has 1 heterocycles. The Morgan fingerprint density at radius 2 is 2.00 bits per heavy atom. The second kappa shape index (κ2) is 4.17. The van der Waals surface area contributed by atoms with Gasteiger partial charge in [-0.2, -0.15) is 0 Å². The van der Waals surface area contributed by atoms with Crippen molar-refractivity contribution in [2.75, 3.05) is 0 Å². The van der Waals surface area contributed by atoms with Crippen LogP contribution in [-0.2, 0) is 0 Å². The summed E-state index contributed by atoms with van der Waals surface area (Å²) in [6, 6.07) is 0. The van der Waals surface area contributed by atoms with Crippen LogP contribution < -0.4 is 0 Å². The van der Waals surface area contributed by atoms with Gasteiger partial charge in [0.1, 0.15) is 0 Å². The van der Waals surface area contributed by atoms with Crippen LogP contribution in [0.5, 0.6) is 0 Å². The van der Waals surface area contributed by atoms with Gasteiger partial charge < -0.3 is 0 Å². The molecule has 1 aliphatic heterocycles. The predicted octanol–water partition coefficient (Wildman–Crippen LogP) is 3.83. The predicted molar refractivity (Wildman–Crippen MR) is 55.5 cm³/mol.